The zero-order chi connectivity index (χ0) is 8.78. The van der Waals surface area contributed by atoms with Gasteiger partial charge in [0, 0.05) is 0 Å². The van der Waals surface area contributed by atoms with Crippen LogP contribution in [-0.2, 0) is 13.3 Å². The van der Waals surface area contributed by atoms with Crippen LogP contribution in [0.2, 0.25) is 0 Å². The molecule has 1 N–H and O–H groups in total. The summed E-state index contributed by atoms with van der Waals surface area (Å²) in [4.78, 5) is 8.90. The van der Waals surface area contributed by atoms with Crippen LogP contribution in [0.15, 0.2) is 0 Å². The van der Waals surface area contributed by atoms with Gasteiger partial charge in [0.25, 0.3) is 0 Å². The third-order valence-corrected chi connectivity index (χ3v) is 0.243. The van der Waals surface area contributed by atoms with Gasteiger partial charge in [-0.25, -0.2) is 4.79 Å². The average molecular weight is 431 g/mol. The van der Waals surface area contributed by atoms with Crippen LogP contribution in [0.25, 0.3) is 0 Å². The third kappa shape index (κ3) is 12.0. The Kier molecular flexibility index (Phi) is 9.55. The van der Waals surface area contributed by atoms with E-state index in [1.807, 2.05) is 0 Å². The van der Waals surface area contributed by atoms with Gasteiger partial charge in [-0.1, -0.05) is 0 Å². The topological polar surface area (TPSA) is 37.3 Å². The summed E-state index contributed by atoms with van der Waals surface area (Å²) in [6.45, 7) is 0. The van der Waals surface area contributed by atoms with E-state index in [-0.39, 0.29) is 0 Å². The van der Waals surface area contributed by atoms with Crippen LogP contribution in [0.1, 0.15) is 0 Å². The van der Waals surface area contributed by atoms with Crippen molar-refractivity contribution < 1.29 is 31.5 Å². The van der Waals surface area contributed by atoms with E-state index in [0.717, 1.165) is 0 Å². The number of hydrogen-bond donors (Lipinski definition) is 1. The Morgan fingerprint density at radius 3 is 1.50 bits per heavy atom. The predicted molar refractivity (Wildman–Crippen MR) is 41.7 cm³/mol. The van der Waals surface area contributed by atoms with E-state index in [4.69, 9.17) is 9.90 Å². The first-order chi connectivity index (χ1) is 4.36. The Bertz CT molecular complexity index is 105. The first kappa shape index (κ1) is 13.8. The number of rotatable bonds is 0. The van der Waals surface area contributed by atoms with Gasteiger partial charge >= 0.3 is 61.3 Å². The molecule has 0 spiro atoms. The quantitative estimate of drug-likeness (QED) is 0.473. The summed E-state index contributed by atoms with van der Waals surface area (Å²) >= 11 is 4.36. The monoisotopic (exact) mass is 431 g/mol. The summed E-state index contributed by atoms with van der Waals surface area (Å²) in [5.74, 6) is -2.76. The Balaban J connectivity index is 0. The normalized spacial score (nSPS) is 10.1. The van der Waals surface area contributed by atoms with Gasteiger partial charge < -0.3 is 5.11 Å². The second-order valence-electron chi connectivity index (χ2n) is 0.846. The summed E-state index contributed by atoms with van der Waals surface area (Å²) in [7, 11) is 1.75. The molecule has 2 nitrogen and oxygen atoms in total. The van der Waals surface area contributed by atoms with Gasteiger partial charge in [-0.15, -0.1) is 0 Å². The van der Waals surface area contributed by atoms with Crippen molar-refractivity contribution in [2.75, 3.05) is 0 Å². The summed E-state index contributed by atoms with van der Waals surface area (Å²) in [5, 5.41) is 7.12. The molecule has 0 radical (unpaired) electrons. The number of aliphatic carboxylic acids is 1. The molecule has 10 heavy (non-hydrogen) atoms. The van der Waals surface area contributed by atoms with Crippen molar-refractivity contribution >= 4 is 46.7 Å². The SMILES string of the molecule is O=C(O)C(F)(F)F.[I][Cu][I]. The zero-order valence-electron chi connectivity index (χ0n) is 4.05. The van der Waals surface area contributed by atoms with Crippen LogP contribution < -0.4 is 0 Å². The fourth-order valence-corrected chi connectivity index (χ4v) is 0. The number of halogens is 5. The van der Waals surface area contributed by atoms with E-state index in [0.29, 0.717) is 0 Å². The minimum absolute atomic E-state index is 1.75. The zero-order valence-corrected chi connectivity index (χ0v) is 9.30. The standard InChI is InChI=1S/C2HF3O2.Cu.2HI/c3-2(4,5)1(6)7;;;/h(H,6,7);;2*1H/q;+2;;/p-2. The fraction of sp³-hybridized carbons (Fsp3) is 0.500. The molecule has 0 saturated heterocycles. The van der Waals surface area contributed by atoms with Gasteiger partial charge in [-0.2, -0.15) is 13.2 Å². The first-order valence-corrected chi connectivity index (χ1v) is 7.55. The van der Waals surface area contributed by atoms with Crippen molar-refractivity contribution in [2.45, 2.75) is 6.18 Å². The van der Waals surface area contributed by atoms with Crippen LogP contribution in [0, 0.1) is 0 Å². The van der Waals surface area contributed by atoms with Crippen LogP contribution >= 0.6 is 40.7 Å². The van der Waals surface area contributed by atoms with Crippen LogP contribution in [0.5, 0.6) is 0 Å². The van der Waals surface area contributed by atoms with Gasteiger partial charge in [0.1, 0.15) is 0 Å². The molecular formula is C2HCuF3I2O2. The molecule has 0 heterocycles. The number of alkyl halides is 3. The second kappa shape index (κ2) is 6.92. The molecule has 67 valence electrons. The number of carboxylic acid groups (broad SMARTS) is 1. The molecule has 0 unspecified atom stereocenters. The van der Waals surface area contributed by atoms with Gasteiger partial charge in [0.2, 0.25) is 0 Å². The maximum absolute atomic E-state index is 10.6. The van der Waals surface area contributed by atoms with E-state index in [2.05, 4.69) is 40.7 Å². The van der Waals surface area contributed by atoms with E-state index in [9.17, 15) is 13.2 Å². The van der Waals surface area contributed by atoms with Crippen LogP contribution in [0.4, 0.5) is 13.2 Å². The second-order valence-corrected chi connectivity index (χ2v) is 8.79. The fourth-order valence-electron chi connectivity index (χ4n) is 0. The molecule has 0 amide bonds. The molecule has 8 heteroatoms. The van der Waals surface area contributed by atoms with Crippen LogP contribution in [0.3, 0.4) is 0 Å². The maximum atomic E-state index is 10.6. The molecule has 0 saturated carbocycles. The van der Waals surface area contributed by atoms with Crippen molar-refractivity contribution in [1.82, 2.24) is 0 Å². The van der Waals surface area contributed by atoms with Crippen molar-refractivity contribution in [1.29, 1.82) is 0 Å². The van der Waals surface area contributed by atoms with Crippen LogP contribution in [-0.4, -0.2) is 17.3 Å². The van der Waals surface area contributed by atoms with Gasteiger partial charge in [-0.05, 0) is 0 Å². The van der Waals surface area contributed by atoms with Gasteiger partial charge in [-0.3, -0.25) is 0 Å². The molecule has 0 aliphatic rings. The summed E-state index contributed by atoms with van der Waals surface area (Å²) in [6.07, 6.45) is -5.08. The van der Waals surface area contributed by atoms with Gasteiger partial charge in [0.15, 0.2) is 0 Å². The summed E-state index contributed by atoms with van der Waals surface area (Å²) < 4.78 is 31.7. The Morgan fingerprint density at radius 2 is 1.50 bits per heavy atom. The van der Waals surface area contributed by atoms with Gasteiger partial charge in [0.05, 0.1) is 0 Å². The molecular weight excluding hydrogens is 430 g/mol. The molecule has 0 fully saturated rings. The molecule has 0 aliphatic carbocycles. The van der Waals surface area contributed by atoms with E-state index < -0.39 is 12.1 Å². The molecule has 0 rings (SSSR count). The molecule has 0 atom stereocenters. The van der Waals surface area contributed by atoms with Crippen molar-refractivity contribution in [2.24, 2.45) is 0 Å². The molecule has 0 aromatic heterocycles. The van der Waals surface area contributed by atoms with E-state index >= 15 is 0 Å². The molecule has 0 aromatic rings. The summed E-state index contributed by atoms with van der Waals surface area (Å²) in [6, 6.07) is 0. The molecule has 0 aromatic carbocycles. The molecule has 0 aliphatic heterocycles. The van der Waals surface area contributed by atoms with Crippen molar-refractivity contribution in [3.63, 3.8) is 0 Å². The first-order valence-electron chi connectivity index (χ1n) is 1.47. The van der Waals surface area contributed by atoms with E-state index in [1.165, 1.54) is 0 Å². The summed E-state index contributed by atoms with van der Waals surface area (Å²) in [5.41, 5.74) is 0. The Hall–Kier alpha value is 1.24. The Labute approximate surface area is 83.6 Å². The average Bonchev–Trinajstić information content (AvgIpc) is 1.64. The number of carboxylic acids is 1. The van der Waals surface area contributed by atoms with E-state index in [1.54, 1.807) is 8.46 Å². The Morgan fingerprint density at radius 1 is 1.40 bits per heavy atom. The number of hydrogen-bond acceptors (Lipinski definition) is 1. The third-order valence-electron chi connectivity index (χ3n) is 0.243. The van der Waals surface area contributed by atoms with Crippen molar-refractivity contribution in [3.8, 4) is 0 Å². The minimum atomic E-state index is -5.08. The number of carbonyl (C=O) groups is 1. The van der Waals surface area contributed by atoms with Crippen molar-refractivity contribution in [3.05, 3.63) is 0 Å². The predicted octanol–water partition coefficient (Wildman–Crippen LogP) is 2.40. The molecule has 0 bridgehead atoms.